The second kappa shape index (κ2) is 6.29. The maximum absolute atomic E-state index is 5.67. The van der Waals surface area contributed by atoms with Crippen molar-refractivity contribution in [1.82, 2.24) is 25.1 Å². The zero-order valence-electron chi connectivity index (χ0n) is 11.5. The molecule has 2 aromatic rings. The Morgan fingerprint density at radius 2 is 2.16 bits per heavy atom. The molecule has 6 nitrogen and oxygen atoms in total. The lowest BCUT2D eigenvalue weighted by atomic mass is 10.2. The quantitative estimate of drug-likeness (QED) is 0.848. The van der Waals surface area contributed by atoms with Crippen LogP contribution in [0.4, 0.5) is 0 Å². The number of hydrogen-bond donors (Lipinski definition) is 1. The summed E-state index contributed by atoms with van der Waals surface area (Å²) < 4.78 is 7.42. The molecule has 0 aromatic carbocycles. The molecule has 0 aliphatic carbocycles. The van der Waals surface area contributed by atoms with Crippen LogP contribution in [0.5, 0.6) is 5.88 Å². The van der Waals surface area contributed by atoms with Gasteiger partial charge >= 0.3 is 0 Å². The molecular formula is C13H19N5O. The number of nitrogens with one attached hydrogen (secondary N) is 1. The van der Waals surface area contributed by atoms with Gasteiger partial charge in [-0.1, -0.05) is 6.07 Å². The summed E-state index contributed by atoms with van der Waals surface area (Å²) in [5.74, 6) is 1.58. The minimum atomic E-state index is 0.118. The summed E-state index contributed by atoms with van der Waals surface area (Å²) in [6, 6.07) is 3.92. The van der Waals surface area contributed by atoms with Gasteiger partial charge < -0.3 is 10.1 Å². The van der Waals surface area contributed by atoms with E-state index in [1.54, 1.807) is 17.2 Å². The van der Waals surface area contributed by atoms with Crippen LogP contribution in [0.1, 0.15) is 25.2 Å². The lowest BCUT2D eigenvalue weighted by molar-refractivity contribution is 0.229. The summed E-state index contributed by atoms with van der Waals surface area (Å²) in [6.45, 7) is 5.33. The molecule has 2 aromatic heterocycles. The largest absolute Gasteiger partial charge is 0.475 e. The number of aromatic nitrogens is 4. The van der Waals surface area contributed by atoms with E-state index in [-0.39, 0.29) is 6.10 Å². The summed E-state index contributed by atoms with van der Waals surface area (Å²) in [5.41, 5.74) is 1.04. The average Bonchev–Trinajstić information content (AvgIpc) is 2.77. The van der Waals surface area contributed by atoms with Gasteiger partial charge in [0.25, 0.3) is 0 Å². The molecule has 1 N–H and O–H groups in total. The van der Waals surface area contributed by atoms with E-state index < -0.39 is 0 Å². The molecule has 0 saturated heterocycles. The van der Waals surface area contributed by atoms with Crippen molar-refractivity contribution in [3.63, 3.8) is 0 Å². The number of hydrogen-bond acceptors (Lipinski definition) is 5. The summed E-state index contributed by atoms with van der Waals surface area (Å²) in [5, 5.41) is 7.34. The molecule has 0 aliphatic rings. The summed E-state index contributed by atoms with van der Waals surface area (Å²) in [4.78, 5) is 8.42. The molecule has 0 aliphatic heterocycles. The molecular weight excluding hydrogens is 242 g/mol. The maximum Gasteiger partial charge on any atom is 0.218 e. The van der Waals surface area contributed by atoms with Crippen molar-refractivity contribution >= 4 is 0 Å². The van der Waals surface area contributed by atoms with Gasteiger partial charge in [-0.2, -0.15) is 5.10 Å². The van der Waals surface area contributed by atoms with E-state index in [2.05, 4.69) is 20.4 Å². The van der Waals surface area contributed by atoms with Crippen molar-refractivity contribution in [2.45, 2.75) is 33.0 Å². The second-order valence-corrected chi connectivity index (χ2v) is 4.54. The van der Waals surface area contributed by atoms with Crippen molar-refractivity contribution in [3.8, 4) is 5.88 Å². The standard InChI is InChI=1S/C13H19N5O/c1-10(2)19-13-11(5-4-6-15-13)7-14-8-12-16-9-17-18(12)3/h4-6,9-10,14H,7-8H2,1-3H3. The van der Waals surface area contributed by atoms with E-state index >= 15 is 0 Å². The van der Waals surface area contributed by atoms with Crippen LogP contribution >= 0.6 is 0 Å². The minimum Gasteiger partial charge on any atom is -0.475 e. The Kier molecular flexibility index (Phi) is 4.46. The van der Waals surface area contributed by atoms with Gasteiger partial charge in [0, 0.05) is 25.4 Å². The number of pyridine rings is 1. The van der Waals surface area contributed by atoms with Gasteiger partial charge in [-0.25, -0.2) is 9.97 Å². The average molecular weight is 261 g/mol. The highest BCUT2D eigenvalue weighted by Gasteiger charge is 2.07. The third-order valence-corrected chi connectivity index (χ3v) is 2.60. The van der Waals surface area contributed by atoms with Crippen LogP contribution < -0.4 is 10.1 Å². The van der Waals surface area contributed by atoms with Gasteiger partial charge in [-0.05, 0) is 19.9 Å². The van der Waals surface area contributed by atoms with Crippen LogP contribution in [0.15, 0.2) is 24.7 Å². The van der Waals surface area contributed by atoms with E-state index in [9.17, 15) is 0 Å². The SMILES string of the molecule is CC(C)Oc1ncccc1CNCc1ncnn1C. The highest BCUT2D eigenvalue weighted by molar-refractivity contribution is 5.25. The first-order valence-corrected chi connectivity index (χ1v) is 6.31. The van der Waals surface area contributed by atoms with Crippen molar-refractivity contribution in [3.05, 3.63) is 36.0 Å². The maximum atomic E-state index is 5.67. The molecule has 0 atom stereocenters. The molecule has 0 unspecified atom stereocenters. The molecule has 6 heteroatoms. The van der Waals surface area contributed by atoms with Crippen molar-refractivity contribution < 1.29 is 4.74 Å². The second-order valence-electron chi connectivity index (χ2n) is 4.54. The first-order chi connectivity index (χ1) is 9.16. The molecule has 2 heterocycles. The highest BCUT2D eigenvalue weighted by Crippen LogP contribution is 2.15. The van der Waals surface area contributed by atoms with Gasteiger partial charge in [0.2, 0.25) is 5.88 Å². The van der Waals surface area contributed by atoms with E-state index in [4.69, 9.17) is 4.74 Å². The molecule has 0 saturated carbocycles. The predicted octanol–water partition coefficient (Wildman–Crippen LogP) is 1.29. The fourth-order valence-electron chi connectivity index (χ4n) is 1.68. The monoisotopic (exact) mass is 261 g/mol. The van der Waals surface area contributed by atoms with Crippen LogP contribution in [-0.4, -0.2) is 25.9 Å². The first-order valence-electron chi connectivity index (χ1n) is 6.31. The van der Waals surface area contributed by atoms with Crippen LogP contribution in [0.2, 0.25) is 0 Å². The minimum absolute atomic E-state index is 0.118. The fourth-order valence-corrected chi connectivity index (χ4v) is 1.68. The van der Waals surface area contributed by atoms with E-state index in [1.807, 2.05) is 33.0 Å². The molecule has 2 rings (SSSR count). The topological polar surface area (TPSA) is 64.9 Å². The van der Waals surface area contributed by atoms with Gasteiger partial charge in [0.15, 0.2) is 0 Å². The number of aryl methyl sites for hydroxylation is 1. The van der Waals surface area contributed by atoms with Gasteiger partial charge in [-0.15, -0.1) is 0 Å². The molecule has 0 amide bonds. The molecule has 0 radical (unpaired) electrons. The number of ether oxygens (including phenoxy) is 1. The van der Waals surface area contributed by atoms with E-state index in [1.165, 1.54) is 0 Å². The summed E-state index contributed by atoms with van der Waals surface area (Å²) in [6.07, 6.45) is 3.41. The molecule has 0 bridgehead atoms. The number of rotatable bonds is 6. The summed E-state index contributed by atoms with van der Waals surface area (Å²) in [7, 11) is 1.88. The molecule has 0 spiro atoms. The van der Waals surface area contributed by atoms with Crippen molar-refractivity contribution in [1.29, 1.82) is 0 Å². The Hall–Kier alpha value is -1.95. The lowest BCUT2D eigenvalue weighted by Gasteiger charge is -2.13. The first kappa shape index (κ1) is 13.5. The number of nitrogens with zero attached hydrogens (tertiary/aromatic N) is 4. The Labute approximate surface area is 112 Å². The normalized spacial score (nSPS) is 10.9. The Balaban J connectivity index is 1.94. The zero-order chi connectivity index (χ0) is 13.7. The molecule has 0 fully saturated rings. The third kappa shape index (κ3) is 3.75. The lowest BCUT2D eigenvalue weighted by Crippen LogP contribution is -2.18. The van der Waals surface area contributed by atoms with Gasteiger partial charge in [0.1, 0.15) is 12.2 Å². The van der Waals surface area contributed by atoms with Gasteiger partial charge in [0.05, 0.1) is 12.6 Å². The Morgan fingerprint density at radius 1 is 1.32 bits per heavy atom. The van der Waals surface area contributed by atoms with Crippen LogP contribution in [0.25, 0.3) is 0 Å². The van der Waals surface area contributed by atoms with E-state index in [0.29, 0.717) is 19.0 Å². The third-order valence-electron chi connectivity index (χ3n) is 2.60. The van der Waals surface area contributed by atoms with Crippen molar-refractivity contribution in [2.75, 3.05) is 0 Å². The Bertz CT molecular complexity index is 523. The smallest absolute Gasteiger partial charge is 0.218 e. The highest BCUT2D eigenvalue weighted by atomic mass is 16.5. The molecule has 19 heavy (non-hydrogen) atoms. The fraction of sp³-hybridized carbons (Fsp3) is 0.462. The van der Waals surface area contributed by atoms with Crippen LogP contribution in [0.3, 0.4) is 0 Å². The van der Waals surface area contributed by atoms with Gasteiger partial charge in [-0.3, -0.25) is 4.68 Å². The van der Waals surface area contributed by atoms with Crippen LogP contribution in [0, 0.1) is 0 Å². The zero-order valence-corrected chi connectivity index (χ0v) is 11.5. The van der Waals surface area contributed by atoms with E-state index in [0.717, 1.165) is 11.4 Å². The summed E-state index contributed by atoms with van der Waals surface area (Å²) >= 11 is 0. The van der Waals surface area contributed by atoms with Crippen molar-refractivity contribution in [2.24, 2.45) is 7.05 Å². The molecule has 102 valence electrons. The predicted molar refractivity (Wildman–Crippen MR) is 71.5 cm³/mol. The van der Waals surface area contributed by atoms with Crippen LogP contribution in [-0.2, 0) is 20.1 Å². The Morgan fingerprint density at radius 3 is 2.84 bits per heavy atom.